The van der Waals surface area contributed by atoms with E-state index in [-0.39, 0.29) is 11.5 Å². The minimum absolute atomic E-state index is 0.00268. The fraction of sp³-hybridized carbons (Fsp3) is 0.462. The first-order valence-electron chi connectivity index (χ1n) is 6.52. The molecule has 1 heterocycles. The number of carbonyl (C=O) groups excluding carboxylic acids is 1. The molecule has 0 spiro atoms. The van der Waals surface area contributed by atoms with Crippen molar-refractivity contribution in [1.82, 2.24) is 4.72 Å². The minimum atomic E-state index is -3.84. The smallest absolute Gasteiger partial charge is 0.323 e. The zero-order valence-electron chi connectivity index (χ0n) is 11.8. The summed E-state index contributed by atoms with van der Waals surface area (Å²) in [6.07, 6.45) is 0. The highest BCUT2D eigenvalue weighted by atomic mass is 32.2. The first-order chi connectivity index (χ1) is 9.94. The van der Waals surface area contributed by atoms with Crippen LogP contribution in [0.4, 0.5) is 0 Å². The third-order valence-corrected chi connectivity index (χ3v) is 4.33. The van der Waals surface area contributed by atoms with Gasteiger partial charge >= 0.3 is 5.97 Å². The zero-order chi connectivity index (χ0) is 15.5. The van der Waals surface area contributed by atoms with E-state index in [9.17, 15) is 13.2 Å². The average Bonchev–Trinajstić information content (AvgIpc) is 2.46. The Bertz CT molecular complexity index is 628. The summed E-state index contributed by atoms with van der Waals surface area (Å²) >= 11 is 0. The van der Waals surface area contributed by atoms with Gasteiger partial charge < -0.3 is 14.2 Å². The van der Waals surface area contributed by atoms with E-state index in [1.54, 1.807) is 6.92 Å². The standard InChI is InChI=1S/C13H17NO6S/c1-3-18-13(15)9(2)14-21(16,17)10-4-5-11-12(8-10)20-7-6-19-11/h4-5,8-9,14H,3,6-7H2,1-2H3. The number of hydrogen-bond donors (Lipinski definition) is 1. The molecule has 0 aliphatic carbocycles. The van der Waals surface area contributed by atoms with E-state index >= 15 is 0 Å². The van der Waals surface area contributed by atoms with Gasteiger partial charge in [0.1, 0.15) is 19.3 Å². The molecule has 1 atom stereocenters. The molecule has 2 rings (SSSR count). The Hall–Kier alpha value is -1.80. The number of nitrogens with one attached hydrogen (secondary N) is 1. The molecule has 1 N–H and O–H groups in total. The molecular weight excluding hydrogens is 298 g/mol. The number of rotatable bonds is 5. The second-order valence-electron chi connectivity index (χ2n) is 4.40. The van der Waals surface area contributed by atoms with Crippen molar-refractivity contribution < 1.29 is 27.4 Å². The predicted octanol–water partition coefficient (Wildman–Crippen LogP) is 0.688. The largest absolute Gasteiger partial charge is 0.486 e. The van der Waals surface area contributed by atoms with Gasteiger partial charge in [-0.05, 0) is 26.0 Å². The van der Waals surface area contributed by atoms with Gasteiger partial charge in [-0.2, -0.15) is 4.72 Å². The fourth-order valence-corrected chi connectivity index (χ4v) is 3.01. The Kier molecular flexibility index (Phi) is 4.69. The SMILES string of the molecule is CCOC(=O)C(C)NS(=O)(=O)c1ccc2c(c1)OCCO2. The third-order valence-electron chi connectivity index (χ3n) is 2.80. The van der Waals surface area contributed by atoms with Crippen LogP contribution in [0.3, 0.4) is 0 Å². The topological polar surface area (TPSA) is 90.9 Å². The van der Waals surface area contributed by atoms with Crippen molar-refractivity contribution in [1.29, 1.82) is 0 Å². The zero-order valence-corrected chi connectivity index (χ0v) is 12.6. The summed E-state index contributed by atoms with van der Waals surface area (Å²) in [4.78, 5) is 11.5. The van der Waals surface area contributed by atoms with Crippen LogP contribution in [0.15, 0.2) is 23.1 Å². The van der Waals surface area contributed by atoms with Crippen LogP contribution in [-0.2, 0) is 19.6 Å². The normalized spacial score (nSPS) is 15.3. The second kappa shape index (κ2) is 6.31. The summed E-state index contributed by atoms with van der Waals surface area (Å²) in [6.45, 7) is 4.06. The van der Waals surface area contributed by atoms with E-state index in [1.807, 2.05) is 0 Å². The van der Waals surface area contributed by atoms with Crippen molar-refractivity contribution >= 4 is 16.0 Å². The van der Waals surface area contributed by atoms with E-state index < -0.39 is 22.0 Å². The molecule has 0 saturated heterocycles. The molecule has 0 amide bonds. The maximum absolute atomic E-state index is 12.2. The molecule has 8 heteroatoms. The van der Waals surface area contributed by atoms with E-state index in [2.05, 4.69) is 4.72 Å². The lowest BCUT2D eigenvalue weighted by atomic mass is 10.3. The van der Waals surface area contributed by atoms with Gasteiger partial charge in [0.2, 0.25) is 10.0 Å². The number of carbonyl (C=O) groups is 1. The van der Waals surface area contributed by atoms with Crippen LogP contribution in [0, 0.1) is 0 Å². The van der Waals surface area contributed by atoms with Gasteiger partial charge in [0, 0.05) is 6.07 Å². The van der Waals surface area contributed by atoms with Gasteiger partial charge in [0.05, 0.1) is 11.5 Å². The van der Waals surface area contributed by atoms with Gasteiger partial charge in [0.25, 0.3) is 0 Å². The van der Waals surface area contributed by atoms with Gasteiger partial charge in [-0.1, -0.05) is 0 Å². The molecule has 7 nitrogen and oxygen atoms in total. The molecular formula is C13H17NO6S. The molecule has 1 aliphatic heterocycles. The first-order valence-corrected chi connectivity index (χ1v) is 8.01. The average molecular weight is 315 g/mol. The Morgan fingerprint density at radius 1 is 1.33 bits per heavy atom. The number of esters is 1. The second-order valence-corrected chi connectivity index (χ2v) is 6.11. The molecule has 1 aromatic rings. The fourth-order valence-electron chi connectivity index (χ4n) is 1.81. The van der Waals surface area contributed by atoms with Crippen molar-refractivity contribution in [3.63, 3.8) is 0 Å². The minimum Gasteiger partial charge on any atom is -0.486 e. The molecule has 0 aromatic heterocycles. The van der Waals surface area contributed by atoms with Crippen molar-refractivity contribution in [3.8, 4) is 11.5 Å². The lowest BCUT2D eigenvalue weighted by Gasteiger charge is -2.19. The number of fused-ring (bicyclic) bond motifs is 1. The molecule has 1 unspecified atom stereocenters. The summed E-state index contributed by atoms with van der Waals surface area (Å²) in [6, 6.07) is 3.32. The molecule has 0 radical (unpaired) electrons. The van der Waals surface area contributed by atoms with E-state index in [1.165, 1.54) is 25.1 Å². The van der Waals surface area contributed by atoms with Crippen molar-refractivity contribution in [2.75, 3.05) is 19.8 Å². The molecule has 1 aliphatic rings. The molecule has 21 heavy (non-hydrogen) atoms. The monoisotopic (exact) mass is 315 g/mol. The first kappa shape index (κ1) is 15.6. The maximum atomic E-state index is 12.2. The number of hydrogen-bond acceptors (Lipinski definition) is 6. The van der Waals surface area contributed by atoms with Crippen LogP contribution in [0.5, 0.6) is 11.5 Å². The summed E-state index contributed by atoms with van der Waals surface area (Å²) in [5.74, 6) is 0.241. The van der Waals surface area contributed by atoms with Crippen molar-refractivity contribution in [2.24, 2.45) is 0 Å². The maximum Gasteiger partial charge on any atom is 0.323 e. The summed E-state index contributed by atoms with van der Waals surface area (Å²) < 4.78 is 42.1. The molecule has 116 valence electrons. The predicted molar refractivity (Wildman–Crippen MR) is 73.8 cm³/mol. The van der Waals surface area contributed by atoms with Crippen LogP contribution >= 0.6 is 0 Å². The lowest BCUT2D eigenvalue weighted by Crippen LogP contribution is -2.39. The Labute approximate surface area is 123 Å². The Morgan fingerprint density at radius 3 is 2.67 bits per heavy atom. The number of ether oxygens (including phenoxy) is 3. The van der Waals surface area contributed by atoms with Crippen molar-refractivity contribution in [2.45, 2.75) is 24.8 Å². The summed E-state index contributed by atoms with van der Waals surface area (Å²) in [5.41, 5.74) is 0. The number of sulfonamides is 1. The number of benzene rings is 1. The molecule has 0 bridgehead atoms. The van der Waals surface area contributed by atoms with Gasteiger partial charge in [-0.3, -0.25) is 4.79 Å². The quantitative estimate of drug-likeness (QED) is 0.804. The van der Waals surface area contributed by atoms with Gasteiger partial charge in [-0.15, -0.1) is 0 Å². The summed E-state index contributed by atoms with van der Waals surface area (Å²) in [5, 5.41) is 0. The van der Waals surface area contributed by atoms with Crippen LogP contribution in [-0.4, -0.2) is 40.2 Å². The lowest BCUT2D eigenvalue weighted by molar-refractivity contribution is -0.144. The van der Waals surface area contributed by atoms with Gasteiger partial charge in [0.15, 0.2) is 11.5 Å². The molecule has 1 aromatic carbocycles. The van der Waals surface area contributed by atoms with Crippen LogP contribution in [0.1, 0.15) is 13.8 Å². The van der Waals surface area contributed by atoms with Crippen LogP contribution < -0.4 is 14.2 Å². The van der Waals surface area contributed by atoms with Gasteiger partial charge in [-0.25, -0.2) is 8.42 Å². The van der Waals surface area contributed by atoms with Crippen LogP contribution in [0.25, 0.3) is 0 Å². The van der Waals surface area contributed by atoms with E-state index in [0.29, 0.717) is 24.7 Å². The highest BCUT2D eigenvalue weighted by molar-refractivity contribution is 7.89. The van der Waals surface area contributed by atoms with E-state index in [4.69, 9.17) is 14.2 Å². The van der Waals surface area contributed by atoms with E-state index in [0.717, 1.165) is 0 Å². The highest BCUT2D eigenvalue weighted by Gasteiger charge is 2.24. The molecule has 0 saturated carbocycles. The highest BCUT2D eigenvalue weighted by Crippen LogP contribution is 2.32. The van der Waals surface area contributed by atoms with Crippen molar-refractivity contribution in [3.05, 3.63) is 18.2 Å². The summed E-state index contributed by atoms with van der Waals surface area (Å²) in [7, 11) is -3.84. The Morgan fingerprint density at radius 2 is 2.00 bits per heavy atom. The third kappa shape index (κ3) is 3.64. The van der Waals surface area contributed by atoms with Crippen LogP contribution in [0.2, 0.25) is 0 Å². The Balaban J connectivity index is 2.18. The molecule has 0 fully saturated rings.